The smallest absolute Gasteiger partial charge is 0.182 e. The van der Waals surface area contributed by atoms with Gasteiger partial charge in [0.15, 0.2) is 11.5 Å². The summed E-state index contributed by atoms with van der Waals surface area (Å²) in [6.45, 7) is 3.00. The number of aromatic amines is 1. The van der Waals surface area contributed by atoms with Crippen molar-refractivity contribution >= 4 is 28.6 Å². The molecule has 0 fully saturated rings. The Hall–Kier alpha value is -1.36. The van der Waals surface area contributed by atoms with Crippen molar-refractivity contribution < 1.29 is 0 Å². The Balaban J connectivity index is 2.06. The number of fused-ring (bicyclic) bond motifs is 1. The third kappa shape index (κ3) is 2.41. The molecule has 0 aliphatic rings. The van der Waals surface area contributed by atoms with Crippen molar-refractivity contribution in [2.75, 3.05) is 17.7 Å². The molecule has 5 nitrogen and oxygen atoms in total. The SMILES string of the molecule is CC(CCCl)CNc1ncnc2nc[nH]c12. The van der Waals surface area contributed by atoms with Crippen LogP contribution < -0.4 is 5.32 Å². The van der Waals surface area contributed by atoms with Gasteiger partial charge in [0, 0.05) is 12.4 Å². The van der Waals surface area contributed by atoms with Crippen LogP contribution in [0.3, 0.4) is 0 Å². The first-order valence-electron chi connectivity index (χ1n) is 5.25. The van der Waals surface area contributed by atoms with Crippen LogP contribution in [0.4, 0.5) is 5.82 Å². The molecule has 0 bridgehead atoms. The molecule has 2 aromatic heterocycles. The molecule has 16 heavy (non-hydrogen) atoms. The van der Waals surface area contributed by atoms with Gasteiger partial charge in [0.1, 0.15) is 11.8 Å². The number of hydrogen-bond donors (Lipinski definition) is 2. The van der Waals surface area contributed by atoms with E-state index in [9.17, 15) is 0 Å². The Labute approximate surface area is 98.7 Å². The Bertz CT molecular complexity index is 455. The average Bonchev–Trinajstić information content (AvgIpc) is 2.75. The maximum atomic E-state index is 5.69. The molecule has 86 valence electrons. The molecule has 0 spiro atoms. The third-order valence-corrected chi connectivity index (χ3v) is 2.66. The van der Waals surface area contributed by atoms with Gasteiger partial charge < -0.3 is 10.3 Å². The van der Waals surface area contributed by atoms with E-state index < -0.39 is 0 Å². The minimum absolute atomic E-state index is 0.519. The first kappa shape index (κ1) is 11.1. The van der Waals surface area contributed by atoms with E-state index in [0.29, 0.717) is 17.4 Å². The lowest BCUT2D eigenvalue weighted by Gasteiger charge is -2.11. The molecule has 1 atom stereocenters. The summed E-state index contributed by atoms with van der Waals surface area (Å²) in [4.78, 5) is 15.3. The molecular weight excluding hydrogens is 226 g/mol. The van der Waals surface area contributed by atoms with Crippen molar-refractivity contribution in [2.45, 2.75) is 13.3 Å². The van der Waals surface area contributed by atoms with E-state index in [1.807, 2.05) is 0 Å². The first-order valence-corrected chi connectivity index (χ1v) is 5.78. The zero-order valence-corrected chi connectivity index (χ0v) is 9.83. The maximum Gasteiger partial charge on any atom is 0.182 e. The van der Waals surface area contributed by atoms with Crippen molar-refractivity contribution in [2.24, 2.45) is 5.92 Å². The minimum Gasteiger partial charge on any atom is -0.368 e. The number of aromatic nitrogens is 4. The van der Waals surface area contributed by atoms with Crippen LogP contribution in [0.5, 0.6) is 0 Å². The van der Waals surface area contributed by atoms with Gasteiger partial charge in [-0.05, 0) is 12.3 Å². The molecule has 0 aromatic carbocycles. The Kier molecular flexibility index (Phi) is 3.56. The van der Waals surface area contributed by atoms with Crippen LogP contribution >= 0.6 is 11.6 Å². The molecule has 2 heterocycles. The third-order valence-electron chi connectivity index (χ3n) is 2.44. The predicted molar refractivity (Wildman–Crippen MR) is 64.7 cm³/mol. The summed E-state index contributed by atoms with van der Waals surface area (Å²) in [5.74, 6) is 2.00. The zero-order chi connectivity index (χ0) is 11.4. The summed E-state index contributed by atoms with van der Waals surface area (Å²) in [6, 6.07) is 0. The number of H-pyrrole nitrogens is 1. The Morgan fingerprint density at radius 2 is 2.31 bits per heavy atom. The highest BCUT2D eigenvalue weighted by Crippen LogP contribution is 2.15. The highest BCUT2D eigenvalue weighted by atomic mass is 35.5. The van der Waals surface area contributed by atoms with Gasteiger partial charge in [0.2, 0.25) is 0 Å². The van der Waals surface area contributed by atoms with Crippen LogP contribution in [0.15, 0.2) is 12.7 Å². The topological polar surface area (TPSA) is 66.5 Å². The second kappa shape index (κ2) is 5.12. The van der Waals surface area contributed by atoms with E-state index >= 15 is 0 Å². The van der Waals surface area contributed by atoms with Gasteiger partial charge >= 0.3 is 0 Å². The molecule has 0 amide bonds. The summed E-state index contributed by atoms with van der Waals surface area (Å²) in [5.41, 5.74) is 1.53. The van der Waals surface area contributed by atoms with Gasteiger partial charge in [-0.2, -0.15) is 0 Å². The molecule has 2 rings (SSSR count). The van der Waals surface area contributed by atoms with E-state index in [4.69, 9.17) is 11.6 Å². The Morgan fingerprint density at radius 3 is 3.12 bits per heavy atom. The molecule has 2 aromatic rings. The zero-order valence-electron chi connectivity index (χ0n) is 9.07. The van der Waals surface area contributed by atoms with Gasteiger partial charge in [-0.15, -0.1) is 11.6 Å². The van der Waals surface area contributed by atoms with Gasteiger partial charge in [-0.3, -0.25) is 0 Å². The van der Waals surface area contributed by atoms with Crippen molar-refractivity contribution in [1.29, 1.82) is 0 Å². The lowest BCUT2D eigenvalue weighted by atomic mass is 10.1. The van der Waals surface area contributed by atoms with Crippen LogP contribution in [0.25, 0.3) is 11.2 Å². The van der Waals surface area contributed by atoms with Gasteiger partial charge in [-0.25, -0.2) is 15.0 Å². The summed E-state index contributed by atoms with van der Waals surface area (Å²) in [6.07, 6.45) is 4.12. The Morgan fingerprint density at radius 1 is 1.44 bits per heavy atom. The highest BCUT2D eigenvalue weighted by Gasteiger charge is 2.06. The maximum absolute atomic E-state index is 5.69. The second-order valence-electron chi connectivity index (χ2n) is 3.79. The number of anilines is 1. The molecule has 0 saturated carbocycles. The summed E-state index contributed by atoms with van der Waals surface area (Å²) < 4.78 is 0. The van der Waals surface area contributed by atoms with Crippen molar-refractivity contribution in [3.8, 4) is 0 Å². The van der Waals surface area contributed by atoms with E-state index in [-0.39, 0.29) is 0 Å². The van der Waals surface area contributed by atoms with Crippen LogP contribution in [-0.4, -0.2) is 32.4 Å². The molecule has 2 N–H and O–H groups in total. The lowest BCUT2D eigenvalue weighted by Crippen LogP contribution is -2.13. The molecule has 0 aliphatic carbocycles. The van der Waals surface area contributed by atoms with Crippen LogP contribution in [0.1, 0.15) is 13.3 Å². The van der Waals surface area contributed by atoms with Gasteiger partial charge in [0.05, 0.1) is 6.33 Å². The van der Waals surface area contributed by atoms with Gasteiger partial charge in [0.25, 0.3) is 0 Å². The molecule has 0 aliphatic heterocycles. The molecule has 6 heteroatoms. The van der Waals surface area contributed by atoms with Crippen LogP contribution in [-0.2, 0) is 0 Å². The van der Waals surface area contributed by atoms with Crippen molar-refractivity contribution in [3.63, 3.8) is 0 Å². The van der Waals surface area contributed by atoms with Crippen molar-refractivity contribution in [3.05, 3.63) is 12.7 Å². The minimum atomic E-state index is 0.519. The number of imidazole rings is 1. The summed E-state index contributed by atoms with van der Waals surface area (Å²) in [7, 11) is 0. The standard InChI is InChI=1S/C10H14ClN5/c1-7(2-3-11)4-12-9-8-10(14-5-13-8)16-6-15-9/h5-7H,2-4H2,1H3,(H2,12,13,14,15,16). The largest absolute Gasteiger partial charge is 0.368 e. The second-order valence-corrected chi connectivity index (χ2v) is 4.17. The number of halogens is 1. The monoisotopic (exact) mass is 239 g/mol. The number of hydrogen-bond acceptors (Lipinski definition) is 4. The van der Waals surface area contributed by atoms with E-state index in [1.54, 1.807) is 6.33 Å². The van der Waals surface area contributed by atoms with E-state index in [0.717, 1.165) is 24.3 Å². The van der Waals surface area contributed by atoms with E-state index in [1.165, 1.54) is 6.33 Å². The fourth-order valence-corrected chi connectivity index (χ4v) is 1.83. The predicted octanol–water partition coefficient (Wildman–Crippen LogP) is 2.03. The fourth-order valence-electron chi connectivity index (χ4n) is 1.46. The molecule has 0 radical (unpaired) electrons. The fraction of sp³-hybridized carbons (Fsp3) is 0.500. The number of rotatable bonds is 5. The number of nitrogens with zero attached hydrogens (tertiary/aromatic N) is 3. The van der Waals surface area contributed by atoms with E-state index in [2.05, 4.69) is 32.2 Å². The quantitative estimate of drug-likeness (QED) is 0.784. The van der Waals surface area contributed by atoms with Crippen LogP contribution in [0, 0.1) is 5.92 Å². The number of nitrogens with one attached hydrogen (secondary N) is 2. The van der Waals surface area contributed by atoms with Gasteiger partial charge in [-0.1, -0.05) is 6.92 Å². The van der Waals surface area contributed by atoms with Crippen molar-refractivity contribution in [1.82, 2.24) is 19.9 Å². The molecule has 1 unspecified atom stereocenters. The molecular formula is C10H14ClN5. The first-order chi connectivity index (χ1) is 7.81. The lowest BCUT2D eigenvalue weighted by molar-refractivity contribution is 0.596. The number of alkyl halides is 1. The average molecular weight is 240 g/mol. The van der Waals surface area contributed by atoms with Crippen LogP contribution in [0.2, 0.25) is 0 Å². The molecule has 0 saturated heterocycles. The normalized spacial score (nSPS) is 12.9. The summed E-state index contributed by atoms with van der Waals surface area (Å²) >= 11 is 5.69. The summed E-state index contributed by atoms with van der Waals surface area (Å²) in [5, 5.41) is 3.28. The highest BCUT2D eigenvalue weighted by molar-refractivity contribution is 6.17.